The van der Waals surface area contributed by atoms with Gasteiger partial charge >= 0.3 is 0 Å². The van der Waals surface area contributed by atoms with E-state index in [2.05, 4.69) is 52.4 Å². The van der Waals surface area contributed by atoms with Crippen LogP contribution in [0.5, 0.6) is 0 Å². The van der Waals surface area contributed by atoms with E-state index in [4.69, 9.17) is 4.42 Å². The van der Waals surface area contributed by atoms with Crippen LogP contribution in [0.4, 0.5) is 5.69 Å². The Bertz CT molecular complexity index is 807. The van der Waals surface area contributed by atoms with E-state index in [-0.39, 0.29) is 0 Å². The predicted molar refractivity (Wildman–Crippen MR) is 106 cm³/mol. The highest BCUT2D eigenvalue weighted by atomic mass is 32.2. The molecule has 0 N–H and O–H groups in total. The van der Waals surface area contributed by atoms with Crippen molar-refractivity contribution in [3.8, 4) is 11.5 Å². The number of hydrogen-bond donors (Lipinski definition) is 0. The average molecular weight is 372 g/mol. The quantitative estimate of drug-likeness (QED) is 0.418. The number of anilines is 1. The number of nitrogens with zero attached hydrogens (tertiary/aromatic N) is 5. The monoisotopic (exact) mass is 371 g/mol. The van der Waals surface area contributed by atoms with Crippen LogP contribution in [0, 0.1) is 0 Å². The molecule has 0 amide bonds. The molecule has 0 saturated heterocycles. The molecule has 0 aliphatic rings. The molecular formula is C19H25N5OS. The summed E-state index contributed by atoms with van der Waals surface area (Å²) in [7, 11) is 1.94. The first-order chi connectivity index (χ1) is 12.7. The lowest BCUT2D eigenvalue weighted by molar-refractivity contribution is 0.466. The third-order valence-electron chi connectivity index (χ3n) is 4.24. The Balaban J connectivity index is 1.52. The summed E-state index contributed by atoms with van der Waals surface area (Å²) in [6, 6.07) is 8.29. The lowest BCUT2D eigenvalue weighted by atomic mass is 10.2. The summed E-state index contributed by atoms with van der Waals surface area (Å²) in [6.07, 6.45) is 6.02. The van der Waals surface area contributed by atoms with Crippen LogP contribution in [-0.2, 0) is 13.5 Å². The van der Waals surface area contributed by atoms with Crippen LogP contribution >= 0.6 is 11.8 Å². The average Bonchev–Trinajstić information content (AvgIpc) is 3.29. The van der Waals surface area contributed by atoms with Gasteiger partial charge < -0.3 is 9.32 Å². The minimum Gasteiger partial charge on any atom is -0.411 e. The van der Waals surface area contributed by atoms with E-state index in [1.807, 2.05) is 30.1 Å². The Kier molecular flexibility index (Phi) is 6.33. The number of rotatable bonds is 9. The second-order valence-electron chi connectivity index (χ2n) is 6.07. The molecule has 1 aromatic carbocycles. The molecular weight excluding hydrogens is 346 g/mol. The highest BCUT2D eigenvalue weighted by molar-refractivity contribution is 7.99. The lowest BCUT2D eigenvalue weighted by Gasteiger charge is -2.20. The first kappa shape index (κ1) is 18.5. The lowest BCUT2D eigenvalue weighted by Crippen LogP contribution is -2.21. The highest BCUT2D eigenvalue weighted by Crippen LogP contribution is 2.25. The van der Waals surface area contributed by atoms with Crippen molar-refractivity contribution < 1.29 is 4.42 Å². The minimum atomic E-state index is 0.575. The molecule has 6 nitrogen and oxygen atoms in total. The zero-order valence-corrected chi connectivity index (χ0v) is 16.4. The number of aryl methyl sites for hydroxylation is 2. The van der Waals surface area contributed by atoms with Crippen molar-refractivity contribution in [1.82, 2.24) is 20.0 Å². The van der Waals surface area contributed by atoms with Crippen molar-refractivity contribution >= 4 is 17.4 Å². The molecule has 0 aliphatic carbocycles. The third-order valence-corrected chi connectivity index (χ3v) is 5.15. The van der Waals surface area contributed by atoms with E-state index in [0.717, 1.165) is 37.2 Å². The third kappa shape index (κ3) is 4.66. The normalized spacial score (nSPS) is 11.0. The molecule has 0 radical (unpaired) electrons. The van der Waals surface area contributed by atoms with Crippen molar-refractivity contribution in [1.29, 1.82) is 0 Å². The van der Waals surface area contributed by atoms with Crippen LogP contribution in [0.3, 0.4) is 0 Å². The van der Waals surface area contributed by atoms with Gasteiger partial charge in [0.05, 0.1) is 6.20 Å². The first-order valence-corrected chi connectivity index (χ1v) is 9.97. The van der Waals surface area contributed by atoms with E-state index in [1.54, 1.807) is 11.8 Å². The van der Waals surface area contributed by atoms with Gasteiger partial charge in [-0.3, -0.25) is 4.68 Å². The van der Waals surface area contributed by atoms with Crippen LogP contribution in [0.15, 0.2) is 46.3 Å². The largest absolute Gasteiger partial charge is 0.411 e. The van der Waals surface area contributed by atoms with E-state index < -0.39 is 0 Å². The summed E-state index contributed by atoms with van der Waals surface area (Å²) in [6.45, 7) is 6.31. The Hall–Kier alpha value is -2.28. The van der Waals surface area contributed by atoms with E-state index in [1.165, 1.54) is 11.3 Å². The summed E-state index contributed by atoms with van der Waals surface area (Å²) in [5.74, 6) is 1.52. The molecule has 2 heterocycles. The van der Waals surface area contributed by atoms with Gasteiger partial charge in [0.25, 0.3) is 5.22 Å². The van der Waals surface area contributed by atoms with Gasteiger partial charge in [0.1, 0.15) is 0 Å². The molecule has 0 fully saturated rings. The van der Waals surface area contributed by atoms with Crippen molar-refractivity contribution in [3.05, 3.63) is 42.2 Å². The van der Waals surface area contributed by atoms with Crippen LogP contribution < -0.4 is 4.90 Å². The SMILES string of the molecule is CCN(CC)c1ccc(-c2nnc(SCCCc3cnn(C)c3)o2)cc1. The second kappa shape index (κ2) is 8.89. The summed E-state index contributed by atoms with van der Waals surface area (Å²) >= 11 is 1.60. The van der Waals surface area contributed by atoms with Crippen molar-refractivity contribution in [3.63, 3.8) is 0 Å². The van der Waals surface area contributed by atoms with E-state index >= 15 is 0 Å². The molecule has 26 heavy (non-hydrogen) atoms. The summed E-state index contributed by atoms with van der Waals surface area (Å²) < 4.78 is 7.62. The Morgan fingerprint density at radius 2 is 1.88 bits per heavy atom. The highest BCUT2D eigenvalue weighted by Gasteiger charge is 2.10. The molecule has 0 aliphatic heterocycles. The van der Waals surface area contributed by atoms with Crippen molar-refractivity contribution in [2.75, 3.05) is 23.7 Å². The van der Waals surface area contributed by atoms with Gasteiger partial charge in [-0.05, 0) is 56.5 Å². The molecule has 0 atom stereocenters. The Morgan fingerprint density at radius 1 is 1.12 bits per heavy atom. The summed E-state index contributed by atoms with van der Waals surface area (Å²) in [4.78, 5) is 2.31. The zero-order chi connectivity index (χ0) is 18.4. The van der Waals surface area contributed by atoms with Crippen molar-refractivity contribution in [2.24, 2.45) is 7.05 Å². The molecule has 7 heteroatoms. The van der Waals surface area contributed by atoms with E-state index in [9.17, 15) is 0 Å². The topological polar surface area (TPSA) is 60.0 Å². The standard InChI is InChI=1S/C19H25N5OS/c1-4-24(5-2)17-10-8-16(9-11-17)18-21-22-19(25-18)26-12-6-7-15-13-20-23(3)14-15/h8-11,13-14H,4-7,12H2,1-3H3. The maximum Gasteiger partial charge on any atom is 0.276 e. The van der Waals surface area contributed by atoms with Gasteiger partial charge in [-0.15, -0.1) is 10.2 Å². The number of hydrogen-bond acceptors (Lipinski definition) is 6. The zero-order valence-electron chi connectivity index (χ0n) is 15.6. The van der Waals surface area contributed by atoms with Crippen LogP contribution in [0.2, 0.25) is 0 Å². The summed E-state index contributed by atoms with van der Waals surface area (Å²) in [5.41, 5.74) is 3.42. The van der Waals surface area contributed by atoms with Gasteiger partial charge in [-0.2, -0.15) is 5.10 Å². The van der Waals surface area contributed by atoms with Gasteiger partial charge in [0, 0.05) is 43.3 Å². The number of thioether (sulfide) groups is 1. The van der Waals surface area contributed by atoms with Gasteiger partial charge in [0.15, 0.2) is 0 Å². The van der Waals surface area contributed by atoms with Crippen LogP contribution in [0.25, 0.3) is 11.5 Å². The Labute approximate surface area is 158 Å². The van der Waals surface area contributed by atoms with Crippen LogP contribution in [0.1, 0.15) is 25.8 Å². The van der Waals surface area contributed by atoms with Crippen molar-refractivity contribution in [2.45, 2.75) is 31.9 Å². The molecule has 0 spiro atoms. The Morgan fingerprint density at radius 3 is 2.54 bits per heavy atom. The molecule has 3 aromatic rings. The van der Waals surface area contributed by atoms with E-state index in [0.29, 0.717) is 11.1 Å². The number of aromatic nitrogens is 4. The predicted octanol–water partition coefficient (Wildman–Crippen LogP) is 4.04. The van der Waals surface area contributed by atoms with Gasteiger partial charge in [-0.25, -0.2) is 0 Å². The maximum absolute atomic E-state index is 5.79. The smallest absolute Gasteiger partial charge is 0.276 e. The molecule has 3 rings (SSSR count). The van der Waals surface area contributed by atoms with Gasteiger partial charge in [-0.1, -0.05) is 11.8 Å². The fourth-order valence-corrected chi connectivity index (χ4v) is 3.52. The minimum absolute atomic E-state index is 0.575. The summed E-state index contributed by atoms with van der Waals surface area (Å²) in [5, 5.41) is 13.1. The molecule has 0 bridgehead atoms. The maximum atomic E-state index is 5.79. The fourth-order valence-electron chi connectivity index (χ4n) is 2.83. The number of benzene rings is 1. The first-order valence-electron chi connectivity index (χ1n) is 8.98. The molecule has 0 saturated carbocycles. The van der Waals surface area contributed by atoms with Gasteiger partial charge in [0.2, 0.25) is 5.89 Å². The second-order valence-corrected chi connectivity index (χ2v) is 7.11. The molecule has 2 aromatic heterocycles. The molecule has 138 valence electrons. The van der Waals surface area contributed by atoms with Crippen LogP contribution in [-0.4, -0.2) is 38.8 Å². The fraction of sp³-hybridized carbons (Fsp3) is 0.421. The molecule has 0 unspecified atom stereocenters.